The molecule has 1 aromatic carbocycles. The molecule has 84 valence electrons. The fourth-order valence-corrected chi connectivity index (χ4v) is 1.59. The van der Waals surface area contributed by atoms with Crippen LogP contribution in [0.15, 0.2) is 22.7 Å². The van der Waals surface area contributed by atoms with Gasteiger partial charge in [-0.05, 0) is 39.3 Å². The van der Waals surface area contributed by atoms with E-state index in [1.54, 1.807) is 13.1 Å². The molecule has 0 radical (unpaired) electrons. The van der Waals surface area contributed by atoms with Gasteiger partial charge in [-0.2, -0.15) is 4.80 Å². The normalized spacial score (nSPS) is 10.4. The van der Waals surface area contributed by atoms with Gasteiger partial charge in [-0.25, -0.2) is 4.39 Å². The van der Waals surface area contributed by atoms with Crippen molar-refractivity contribution in [3.63, 3.8) is 0 Å². The summed E-state index contributed by atoms with van der Waals surface area (Å²) in [5.74, 6) is 0.261. The molecule has 0 aliphatic rings. The molecule has 16 heavy (non-hydrogen) atoms. The summed E-state index contributed by atoms with van der Waals surface area (Å²) in [6.45, 7) is 0.399. The Hall–Kier alpha value is -1.50. The van der Waals surface area contributed by atoms with Crippen LogP contribution >= 0.6 is 15.9 Å². The van der Waals surface area contributed by atoms with Gasteiger partial charge in [0.15, 0.2) is 5.82 Å². The second kappa shape index (κ2) is 4.56. The Morgan fingerprint density at radius 1 is 1.50 bits per heavy atom. The van der Waals surface area contributed by atoms with Gasteiger partial charge in [0.25, 0.3) is 0 Å². The first-order valence-corrected chi connectivity index (χ1v) is 5.36. The fourth-order valence-electron chi connectivity index (χ4n) is 1.20. The molecule has 0 atom stereocenters. The van der Waals surface area contributed by atoms with Crippen molar-refractivity contribution in [1.82, 2.24) is 20.2 Å². The third-order valence-electron chi connectivity index (χ3n) is 1.92. The molecule has 0 amide bonds. The van der Waals surface area contributed by atoms with E-state index in [2.05, 4.69) is 36.7 Å². The molecule has 0 aliphatic carbocycles. The standard InChI is InChI=1S/C9H9BrFN5/c1-16-14-9(13-15-16)5-12-8-4-6(11)2-3-7(8)10/h2-4,12H,5H2,1H3. The average Bonchev–Trinajstić information content (AvgIpc) is 2.66. The number of tetrazole rings is 1. The number of nitrogens with one attached hydrogen (secondary N) is 1. The first kappa shape index (κ1) is 11.0. The Kier molecular flexibility index (Phi) is 3.14. The molecular weight excluding hydrogens is 277 g/mol. The Morgan fingerprint density at radius 3 is 3.00 bits per heavy atom. The largest absolute Gasteiger partial charge is 0.377 e. The molecule has 1 N–H and O–H groups in total. The zero-order chi connectivity index (χ0) is 11.5. The predicted octanol–water partition coefficient (Wildman–Crippen LogP) is 1.72. The summed E-state index contributed by atoms with van der Waals surface area (Å²) in [7, 11) is 1.69. The molecular formula is C9H9BrFN5. The second-order valence-electron chi connectivity index (χ2n) is 3.17. The van der Waals surface area contributed by atoms with Gasteiger partial charge >= 0.3 is 0 Å². The number of rotatable bonds is 3. The highest BCUT2D eigenvalue weighted by Gasteiger charge is 2.04. The highest BCUT2D eigenvalue weighted by Crippen LogP contribution is 2.23. The van der Waals surface area contributed by atoms with Gasteiger partial charge in [-0.1, -0.05) is 0 Å². The maximum atomic E-state index is 13.0. The third-order valence-corrected chi connectivity index (χ3v) is 2.61. The minimum Gasteiger partial charge on any atom is -0.377 e. The topological polar surface area (TPSA) is 55.6 Å². The summed E-state index contributed by atoms with van der Waals surface area (Å²) in [5, 5.41) is 14.5. The van der Waals surface area contributed by atoms with E-state index in [0.29, 0.717) is 18.1 Å². The van der Waals surface area contributed by atoms with Crippen molar-refractivity contribution < 1.29 is 4.39 Å². The number of anilines is 1. The molecule has 1 aromatic heterocycles. The molecule has 1 heterocycles. The van der Waals surface area contributed by atoms with Crippen molar-refractivity contribution in [2.75, 3.05) is 5.32 Å². The van der Waals surface area contributed by atoms with Crippen LogP contribution in [0.25, 0.3) is 0 Å². The fraction of sp³-hybridized carbons (Fsp3) is 0.222. The van der Waals surface area contributed by atoms with E-state index in [0.717, 1.165) is 4.47 Å². The monoisotopic (exact) mass is 285 g/mol. The number of aryl methyl sites for hydroxylation is 1. The first-order chi connectivity index (χ1) is 7.65. The number of hydrogen-bond donors (Lipinski definition) is 1. The van der Waals surface area contributed by atoms with Crippen LogP contribution in [0, 0.1) is 5.82 Å². The SMILES string of the molecule is Cn1nnc(CNc2cc(F)ccc2Br)n1. The molecule has 2 aromatic rings. The molecule has 0 saturated heterocycles. The zero-order valence-corrected chi connectivity index (χ0v) is 10.1. The molecule has 2 rings (SSSR count). The van der Waals surface area contributed by atoms with E-state index in [4.69, 9.17) is 0 Å². The van der Waals surface area contributed by atoms with Crippen LogP contribution < -0.4 is 5.32 Å². The molecule has 0 bridgehead atoms. The quantitative estimate of drug-likeness (QED) is 0.933. The highest BCUT2D eigenvalue weighted by molar-refractivity contribution is 9.10. The van der Waals surface area contributed by atoms with Gasteiger partial charge in [0.1, 0.15) is 5.82 Å². The number of halogens is 2. The van der Waals surface area contributed by atoms with Gasteiger partial charge in [0, 0.05) is 4.47 Å². The van der Waals surface area contributed by atoms with E-state index in [-0.39, 0.29) is 5.82 Å². The Bertz CT molecular complexity index is 498. The lowest BCUT2D eigenvalue weighted by Crippen LogP contribution is -2.03. The van der Waals surface area contributed by atoms with E-state index in [9.17, 15) is 4.39 Å². The maximum absolute atomic E-state index is 13.0. The van der Waals surface area contributed by atoms with E-state index in [1.165, 1.54) is 16.9 Å². The second-order valence-corrected chi connectivity index (χ2v) is 4.03. The van der Waals surface area contributed by atoms with Gasteiger partial charge in [-0.3, -0.25) is 0 Å². The number of aromatic nitrogens is 4. The third kappa shape index (κ3) is 2.54. The predicted molar refractivity (Wildman–Crippen MR) is 60.2 cm³/mol. The molecule has 0 unspecified atom stereocenters. The lowest BCUT2D eigenvalue weighted by Gasteiger charge is -2.05. The highest BCUT2D eigenvalue weighted by atomic mass is 79.9. The van der Waals surface area contributed by atoms with E-state index < -0.39 is 0 Å². The summed E-state index contributed by atoms with van der Waals surface area (Å²) >= 11 is 3.32. The minimum absolute atomic E-state index is 0.294. The van der Waals surface area contributed by atoms with Crippen LogP contribution in [0.2, 0.25) is 0 Å². The number of hydrogen-bond acceptors (Lipinski definition) is 4. The molecule has 0 fully saturated rings. The molecule has 0 aliphatic heterocycles. The van der Waals surface area contributed by atoms with Gasteiger partial charge in [-0.15, -0.1) is 10.2 Å². The zero-order valence-electron chi connectivity index (χ0n) is 8.48. The minimum atomic E-state index is -0.294. The first-order valence-electron chi connectivity index (χ1n) is 4.57. The van der Waals surface area contributed by atoms with Crippen molar-refractivity contribution in [1.29, 1.82) is 0 Å². The lowest BCUT2D eigenvalue weighted by atomic mass is 10.3. The molecule has 0 spiro atoms. The van der Waals surface area contributed by atoms with Gasteiger partial charge in [0.05, 0.1) is 19.3 Å². The van der Waals surface area contributed by atoms with Crippen molar-refractivity contribution in [2.45, 2.75) is 6.54 Å². The van der Waals surface area contributed by atoms with Gasteiger partial charge < -0.3 is 5.32 Å². The van der Waals surface area contributed by atoms with Crippen molar-refractivity contribution in [2.24, 2.45) is 7.05 Å². The maximum Gasteiger partial charge on any atom is 0.193 e. The van der Waals surface area contributed by atoms with Crippen molar-refractivity contribution in [3.8, 4) is 0 Å². The van der Waals surface area contributed by atoms with Crippen molar-refractivity contribution in [3.05, 3.63) is 34.3 Å². The smallest absolute Gasteiger partial charge is 0.193 e. The average molecular weight is 286 g/mol. The van der Waals surface area contributed by atoms with E-state index in [1.807, 2.05) is 0 Å². The molecule has 0 saturated carbocycles. The molecule has 5 nitrogen and oxygen atoms in total. The number of nitrogens with zero attached hydrogens (tertiary/aromatic N) is 4. The Labute approximate surface area is 99.8 Å². The Balaban J connectivity index is 2.07. The summed E-state index contributed by atoms with van der Waals surface area (Å²) in [6.07, 6.45) is 0. The summed E-state index contributed by atoms with van der Waals surface area (Å²) in [4.78, 5) is 1.37. The van der Waals surface area contributed by atoms with E-state index >= 15 is 0 Å². The summed E-state index contributed by atoms with van der Waals surface area (Å²) in [5.41, 5.74) is 0.660. The van der Waals surface area contributed by atoms with Crippen LogP contribution in [0.4, 0.5) is 10.1 Å². The van der Waals surface area contributed by atoms with Crippen LogP contribution in [-0.4, -0.2) is 20.2 Å². The van der Waals surface area contributed by atoms with Crippen LogP contribution in [0.1, 0.15) is 5.82 Å². The lowest BCUT2D eigenvalue weighted by molar-refractivity contribution is 0.626. The van der Waals surface area contributed by atoms with Crippen LogP contribution in [0.5, 0.6) is 0 Å². The van der Waals surface area contributed by atoms with Crippen molar-refractivity contribution >= 4 is 21.6 Å². The van der Waals surface area contributed by atoms with Crippen LogP contribution in [-0.2, 0) is 13.6 Å². The Morgan fingerprint density at radius 2 is 2.31 bits per heavy atom. The summed E-state index contributed by atoms with van der Waals surface area (Å²) < 4.78 is 13.8. The van der Waals surface area contributed by atoms with Gasteiger partial charge in [0.2, 0.25) is 0 Å². The van der Waals surface area contributed by atoms with Crippen LogP contribution in [0.3, 0.4) is 0 Å². The number of benzene rings is 1. The molecule has 7 heteroatoms. The summed E-state index contributed by atoms with van der Waals surface area (Å²) in [6, 6.07) is 4.43.